The normalized spacial score (nSPS) is 16.0. The van der Waals surface area contributed by atoms with Crippen molar-refractivity contribution in [3.8, 4) is 0 Å². The first-order valence-electron chi connectivity index (χ1n) is 7.47. The molecule has 0 aliphatic heterocycles. The van der Waals surface area contributed by atoms with Crippen molar-refractivity contribution in [2.75, 3.05) is 5.32 Å². The zero-order chi connectivity index (χ0) is 15.9. The number of hydrogen-bond acceptors (Lipinski definition) is 4. The fourth-order valence-electron chi connectivity index (χ4n) is 3.05. The first-order chi connectivity index (χ1) is 11.2. The lowest BCUT2D eigenvalue weighted by atomic mass is 9.64. The van der Waals surface area contributed by atoms with E-state index in [0.29, 0.717) is 21.9 Å². The quantitative estimate of drug-likeness (QED) is 0.791. The van der Waals surface area contributed by atoms with E-state index in [4.69, 9.17) is 16.1 Å². The number of carbonyl (C=O) groups excluding carboxylic acids is 1. The molecule has 2 heterocycles. The largest absolute Gasteiger partial charge is 0.334 e. The van der Waals surface area contributed by atoms with Gasteiger partial charge in [0.1, 0.15) is 0 Å². The summed E-state index contributed by atoms with van der Waals surface area (Å²) in [5, 5.41) is 8.19. The highest BCUT2D eigenvalue weighted by Crippen LogP contribution is 2.45. The maximum Gasteiger partial charge on any atom is 0.259 e. The monoisotopic (exact) mass is 327 g/mol. The van der Waals surface area contributed by atoms with Crippen molar-refractivity contribution in [3.63, 3.8) is 0 Å². The molecule has 1 aliphatic rings. The minimum Gasteiger partial charge on any atom is -0.334 e. The predicted molar refractivity (Wildman–Crippen MR) is 87.4 cm³/mol. The van der Waals surface area contributed by atoms with Crippen LogP contribution in [0, 0.1) is 0 Å². The van der Waals surface area contributed by atoms with Crippen molar-refractivity contribution < 1.29 is 9.32 Å². The van der Waals surface area contributed by atoms with Gasteiger partial charge < -0.3 is 9.84 Å². The summed E-state index contributed by atoms with van der Waals surface area (Å²) >= 11 is 5.95. The summed E-state index contributed by atoms with van der Waals surface area (Å²) in [5.74, 6) is 0.350. The summed E-state index contributed by atoms with van der Waals surface area (Å²) < 4.78 is 5.14. The van der Waals surface area contributed by atoms with E-state index >= 15 is 0 Å². The molecule has 1 fully saturated rings. The molecule has 1 amide bonds. The molecule has 1 saturated carbocycles. The predicted octanol–water partition coefficient (Wildman–Crippen LogP) is 3.94. The van der Waals surface area contributed by atoms with Crippen LogP contribution in [0.25, 0.3) is 11.1 Å². The van der Waals surface area contributed by atoms with E-state index in [-0.39, 0.29) is 5.91 Å². The second-order valence-corrected chi connectivity index (χ2v) is 6.22. The molecular weight excluding hydrogens is 314 g/mol. The Balaban J connectivity index is 1.66. The maximum absolute atomic E-state index is 12.9. The number of anilines is 1. The van der Waals surface area contributed by atoms with E-state index in [0.717, 1.165) is 24.8 Å². The Morgan fingerprint density at radius 1 is 1.22 bits per heavy atom. The highest BCUT2D eigenvalue weighted by molar-refractivity contribution is 6.30. The van der Waals surface area contributed by atoms with Crippen LogP contribution in [-0.4, -0.2) is 16.0 Å². The standard InChI is InChI=1S/C17H14ClN3O2/c18-12-6-4-11(5-7-12)17(8-2-9-17)16(22)20-14-13-3-1-10-19-15(13)23-21-14/h1,3-7,10H,2,8-9H2,(H,20,21,22). The number of amides is 1. The van der Waals surface area contributed by atoms with E-state index in [1.165, 1.54) is 0 Å². The molecule has 0 unspecified atom stereocenters. The van der Waals surface area contributed by atoms with Gasteiger partial charge in [-0.2, -0.15) is 0 Å². The fraction of sp³-hybridized carbons (Fsp3) is 0.235. The Kier molecular flexibility index (Phi) is 3.31. The zero-order valence-corrected chi connectivity index (χ0v) is 13.0. The Bertz CT molecular complexity index is 869. The van der Waals surface area contributed by atoms with Gasteiger partial charge in [0.2, 0.25) is 5.91 Å². The van der Waals surface area contributed by atoms with Crippen LogP contribution in [-0.2, 0) is 10.2 Å². The number of rotatable bonds is 3. The van der Waals surface area contributed by atoms with E-state index in [2.05, 4.69) is 15.5 Å². The molecule has 0 atom stereocenters. The summed E-state index contributed by atoms with van der Waals surface area (Å²) in [6, 6.07) is 11.1. The molecule has 3 aromatic rings. The molecule has 2 aromatic heterocycles. The second kappa shape index (κ2) is 5.35. The van der Waals surface area contributed by atoms with E-state index in [1.807, 2.05) is 30.3 Å². The average Bonchev–Trinajstić information content (AvgIpc) is 2.91. The van der Waals surface area contributed by atoms with Gasteiger partial charge in [-0.05, 0) is 42.7 Å². The summed E-state index contributed by atoms with van der Waals surface area (Å²) in [5.41, 5.74) is 0.881. The Morgan fingerprint density at radius 3 is 2.70 bits per heavy atom. The summed E-state index contributed by atoms with van der Waals surface area (Å²) in [7, 11) is 0. The van der Waals surface area contributed by atoms with Gasteiger partial charge in [-0.3, -0.25) is 4.79 Å². The molecule has 116 valence electrons. The molecule has 0 saturated heterocycles. The van der Waals surface area contributed by atoms with Crippen LogP contribution >= 0.6 is 11.6 Å². The second-order valence-electron chi connectivity index (χ2n) is 5.78. The van der Waals surface area contributed by atoms with Crippen molar-refractivity contribution in [1.29, 1.82) is 0 Å². The van der Waals surface area contributed by atoms with Crippen LogP contribution in [0.1, 0.15) is 24.8 Å². The number of benzene rings is 1. The molecule has 5 nitrogen and oxygen atoms in total. The minimum absolute atomic E-state index is 0.0647. The van der Waals surface area contributed by atoms with Crippen molar-refractivity contribution in [1.82, 2.24) is 10.1 Å². The van der Waals surface area contributed by atoms with Crippen LogP contribution in [0.2, 0.25) is 5.02 Å². The SMILES string of the molecule is O=C(Nc1noc2ncccc12)C1(c2ccc(Cl)cc2)CCC1. The van der Waals surface area contributed by atoms with Gasteiger partial charge in [0.05, 0.1) is 10.8 Å². The van der Waals surface area contributed by atoms with Gasteiger partial charge >= 0.3 is 0 Å². The molecule has 0 bridgehead atoms. The molecule has 1 aliphatic carbocycles. The topological polar surface area (TPSA) is 68.0 Å². The van der Waals surface area contributed by atoms with Crippen LogP contribution in [0.3, 0.4) is 0 Å². The van der Waals surface area contributed by atoms with Crippen LogP contribution in [0.15, 0.2) is 47.1 Å². The number of nitrogens with zero attached hydrogens (tertiary/aromatic N) is 2. The van der Waals surface area contributed by atoms with E-state index in [1.54, 1.807) is 12.3 Å². The molecule has 0 radical (unpaired) electrons. The fourth-order valence-corrected chi connectivity index (χ4v) is 3.17. The van der Waals surface area contributed by atoms with E-state index < -0.39 is 5.41 Å². The number of hydrogen-bond donors (Lipinski definition) is 1. The van der Waals surface area contributed by atoms with Gasteiger partial charge in [-0.25, -0.2) is 4.98 Å². The Labute approximate surface area is 137 Å². The Morgan fingerprint density at radius 2 is 2.00 bits per heavy atom. The maximum atomic E-state index is 12.9. The third-order valence-electron chi connectivity index (χ3n) is 4.52. The van der Waals surface area contributed by atoms with Gasteiger partial charge in [-0.1, -0.05) is 35.3 Å². The van der Waals surface area contributed by atoms with Crippen LogP contribution < -0.4 is 5.32 Å². The highest BCUT2D eigenvalue weighted by Gasteiger charge is 2.46. The van der Waals surface area contributed by atoms with Crippen molar-refractivity contribution >= 4 is 34.4 Å². The summed E-state index contributed by atoms with van der Waals surface area (Å²) in [6.45, 7) is 0. The third kappa shape index (κ3) is 2.28. The number of fused-ring (bicyclic) bond motifs is 1. The van der Waals surface area contributed by atoms with E-state index in [9.17, 15) is 4.79 Å². The third-order valence-corrected chi connectivity index (χ3v) is 4.77. The van der Waals surface area contributed by atoms with Crippen LogP contribution in [0.5, 0.6) is 0 Å². The number of nitrogens with one attached hydrogen (secondary N) is 1. The summed E-state index contributed by atoms with van der Waals surface area (Å²) in [4.78, 5) is 17.0. The lowest BCUT2D eigenvalue weighted by Gasteiger charge is -2.40. The molecule has 0 spiro atoms. The molecular formula is C17H14ClN3O2. The summed E-state index contributed by atoms with van der Waals surface area (Å²) in [6.07, 6.45) is 4.28. The average molecular weight is 328 g/mol. The Hall–Kier alpha value is -2.40. The van der Waals surface area contributed by atoms with Crippen LogP contribution in [0.4, 0.5) is 5.82 Å². The smallest absolute Gasteiger partial charge is 0.259 e. The molecule has 6 heteroatoms. The number of carbonyl (C=O) groups is 1. The number of halogens is 1. The minimum atomic E-state index is -0.516. The number of pyridine rings is 1. The molecule has 4 rings (SSSR count). The zero-order valence-electron chi connectivity index (χ0n) is 12.3. The van der Waals surface area contributed by atoms with Crippen molar-refractivity contribution in [3.05, 3.63) is 53.2 Å². The van der Waals surface area contributed by atoms with Gasteiger partial charge in [0, 0.05) is 11.2 Å². The number of aromatic nitrogens is 2. The highest BCUT2D eigenvalue weighted by atomic mass is 35.5. The van der Waals surface area contributed by atoms with Crippen molar-refractivity contribution in [2.45, 2.75) is 24.7 Å². The molecule has 1 aromatic carbocycles. The lowest BCUT2D eigenvalue weighted by Crippen LogP contribution is -2.46. The first-order valence-corrected chi connectivity index (χ1v) is 7.85. The molecule has 1 N–H and O–H groups in total. The molecule has 23 heavy (non-hydrogen) atoms. The first kappa shape index (κ1) is 14.2. The van der Waals surface area contributed by atoms with Gasteiger partial charge in [0.25, 0.3) is 5.71 Å². The van der Waals surface area contributed by atoms with Gasteiger partial charge in [0.15, 0.2) is 5.82 Å². The van der Waals surface area contributed by atoms with Gasteiger partial charge in [-0.15, -0.1) is 0 Å². The van der Waals surface area contributed by atoms with Crippen molar-refractivity contribution in [2.24, 2.45) is 0 Å². The lowest BCUT2D eigenvalue weighted by molar-refractivity contribution is -0.124.